The van der Waals surface area contributed by atoms with Crippen LogP contribution in [-0.4, -0.2) is 85.8 Å². The molecule has 0 bridgehead atoms. The number of thiocarbonyl (C=S) groups is 1. The number of carbonyl (C=O) groups excluding carboxylic acids is 2. The monoisotopic (exact) mass is 568 g/mol. The smallest absolute Gasteiger partial charge is 0.475 e. The van der Waals surface area contributed by atoms with Crippen LogP contribution in [0.5, 0.6) is 0 Å². The number of aliphatic carboxylic acids is 1. The third-order valence-corrected chi connectivity index (χ3v) is 5.00. The van der Waals surface area contributed by atoms with Crippen molar-refractivity contribution in [1.29, 1.82) is 0 Å². The lowest BCUT2D eigenvalue weighted by atomic mass is 10.0. The summed E-state index contributed by atoms with van der Waals surface area (Å²) in [5.74, 6) is -3.26. The van der Waals surface area contributed by atoms with Gasteiger partial charge in [-0.05, 0) is 50.9 Å². The summed E-state index contributed by atoms with van der Waals surface area (Å²) in [6, 6.07) is 6.77. The summed E-state index contributed by atoms with van der Waals surface area (Å²) in [4.78, 5) is 35.4. The largest absolute Gasteiger partial charge is 0.490 e. The average Bonchev–Trinajstić information content (AvgIpc) is 2.76. The zero-order valence-corrected chi connectivity index (χ0v) is 21.9. The third kappa shape index (κ3) is 12.6. The fourth-order valence-corrected chi connectivity index (χ4v) is 3.32. The number of nitrogens with zero attached hydrogens (tertiary/aromatic N) is 1. The van der Waals surface area contributed by atoms with Gasteiger partial charge in [-0.3, -0.25) is 0 Å². The fourth-order valence-electron chi connectivity index (χ4n) is 2.81. The Morgan fingerprint density at radius 3 is 2.46 bits per heavy atom. The molecule has 1 aromatic carbocycles. The highest BCUT2D eigenvalue weighted by Crippen LogP contribution is 2.16. The summed E-state index contributed by atoms with van der Waals surface area (Å²) in [5.41, 5.74) is 1.88. The fraction of sp³-hybridized carbons (Fsp3) is 0.455. The molecule has 0 fully saturated rings. The van der Waals surface area contributed by atoms with Crippen molar-refractivity contribution in [2.24, 2.45) is 0 Å². The van der Waals surface area contributed by atoms with Gasteiger partial charge in [0, 0.05) is 30.2 Å². The maximum atomic E-state index is 12.7. The molecule has 0 saturated heterocycles. The van der Waals surface area contributed by atoms with Crippen molar-refractivity contribution in [1.82, 2.24) is 20.9 Å². The Morgan fingerprint density at radius 2 is 1.89 bits per heavy atom. The number of ether oxygens (including phenoxy) is 2. The van der Waals surface area contributed by atoms with Gasteiger partial charge in [0.05, 0.1) is 18.2 Å². The van der Waals surface area contributed by atoms with E-state index in [2.05, 4.69) is 16.0 Å². The summed E-state index contributed by atoms with van der Waals surface area (Å²) in [7, 11) is 3.81. The normalized spacial score (nSPS) is 15.1. The summed E-state index contributed by atoms with van der Waals surface area (Å²) < 4.78 is 42.4. The van der Waals surface area contributed by atoms with E-state index >= 15 is 0 Å². The predicted molar refractivity (Wildman–Crippen MR) is 133 cm³/mol. The minimum atomic E-state index is -5.08. The lowest BCUT2D eigenvalue weighted by molar-refractivity contribution is -0.192. The van der Waals surface area contributed by atoms with Crippen molar-refractivity contribution in [3.05, 3.63) is 46.1 Å². The molecule has 1 amide bonds. The molecule has 0 aromatic heterocycles. The van der Waals surface area contributed by atoms with Crippen LogP contribution in [0.3, 0.4) is 0 Å². The molecule has 2 rings (SSSR count). The number of nitrogens with one attached hydrogen (secondary N) is 3. The van der Waals surface area contributed by atoms with Crippen LogP contribution < -0.4 is 16.0 Å². The molecule has 37 heavy (non-hydrogen) atoms. The molecule has 0 spiro atoms. The van der Waals surface area contributed by atoms with Crippen molar-refractivity contribution < 1.29 is 42.1 Å². The molecular formula is C22H28ClF3N4O6S. The second-order valence-electron chi connectivity index (χ2n) is 7.84. The predicted octanol–water partition coefficient (Wildman–Crippen LogP) is 2.47. The maximum absolute atomic E-state index is 12.7. The quantitative estimate of drug-likeness (QED) is 0.260. The first-order valence-electron chi connectivity index (χ1n) is 10.8. The van der Waals surface area contributed by atoms with Crippen molar-refractivity contribution >= 4 is 47.0 Å². The number of rotatable bonds is 9. The van der Waals surface area contributed by atoms with Crippen molar-refractivity contribution in [3.8, 4) is 0 Å². The Morgan fingerprint density at radius 1 is 1.24 bits per heavy atom. The Labute approximate surface area is 222 Å². The molecule has 1 aliphatic rings. The van der Waals surface area contributed by atoms with Crippen LogP contribution in [0.25, 0.3) is 0 Å². The van der Waals surface area contributed by atoms with E-state index in [1.165, 1.54) is 0 Å². The number of alkyl carbamates (subject to hydrolysis) is 1. The summed E-state index contributed by atoms with van der Waals surface area (Å²) >= 11 is 11.1. The highest BCUT2D eigenvalue weighted by atomic mass is 35.5. The second-order valence-corrected chi connectivity index (χ2v) is 8.68. The van der Waals surface area contributed by atoms with Crippen LogP contribution in [-0.2, 0) is 25.5 Å². The number of hydrogen-bond donors (Lipinski definition) is 4. The zero-order valence-electron chi connectivity index (χ0n) is 20.3. The molecule has 4 N–H and O–H groups in total. The van der Waals surface area contributed by atoms with Gasteiger partial charge in [-0.2, -0.15) is 13.2 Å². The van der Waals surface area contributed by atoms with E-state index < -0.39 is 30.2 Å². The topological polar surface area (TPSA) is 129 Å². The first-order valence-corrected chi connectivity index (χ1v) is 11.5. The van der Waals surface area contributed by atoms with Crippen LogP contribution in [0.2, 0.25) is 5.02 Å². The van der Waals surface area contributed by atoms with Gasteiger partial charge >= 0.3 is 24.2 Å². The number of carboxylic acids is 1. The van der Waals surface area contributed by atoms with E-state index in [-0.39, 0.29) is 13.2 Å². The van der Waals surface area contributed by atoms with E-state index in [4.69, 9.17) is 43.2 Å². The Kier molecular flexibility index (Phi) is 13.1. The summed E-state index contributed by atoms with van der Waals surface area (Å²) in [6.07, 6.45) is -5.11. The summed E-state index contributed by atoms with van der Waals surface area (Å²) in [6.45, 7) is 3.00. The maximum Gasteiger partial charge on any atom is 0.490 e. The van der Waals surface area contributed by atoms with E-state index in [1.807, 2.05) is 37.2 Å². The van der Waals surface area contributed by atoms with Crippen LogP contribution in [0.15, 0.2) is 35.5 Å². The lowest BCUT2D eigenvalue weighted by Crippen LogP contribution is -2.52. The molecule has 0 aliphatic carbocycles. The van der Waals surface area contributed by atoms with Crippen LogP contribution in [0.1, 0.15) is 12.5 Å². The minimum Gasteiger partial charge on any atom is -0.475 e. The lowest BCUT2D eigenvalue weighted by Gasteiger charge is -2.29. The molecule has 1 unspecified atom stereocenters. The SMILES string of the molecule is CC1=C(C(=O)OCCc2cccc(Cl)c2)C(COC(=O)NCCN(C)C)NC(=S)N1.O=C(O)C(F)(F)F. The minimum absolute atomic E-state index is 0.0638. The number of likely N-dealkylation sites (N-methyl/N-ethyl adjacent to an activating group) is 1. The number of amides is 1. The molecule has 1 heterocycles. The summed E-state index contributed by atoms with van der Waals surface area (Å²) in [5, 5.41) is 16.6. The standard InChI is InChI=1S/C20H27ClN4O4S.C2HF3O2/c1-13-17(18(26)28-10-7-14-5-4-6-15(21)11-14)16(24-19(30)23-13)12-29-20(27)22-8-9-25(2)3;3-2(4,5)1(6)7/h4-6,11,16H,7-10,12H2,1-3H3,(H,22,27)(H2,23,24,30);(H,6,7). The molecular weight excluding hydrogens is 541 g/mol. The molecule has 0 radical (unpaired) electrons. The van der Waals surface area contributed by atoms with Gasteiger partial charge in [-0.1, -0.05) is 23.7 Å². The van der Waals surface area contributed by atoms with Gasteiger partial charge in [0.1, 0.15) is 6.61 Å². The van der Waals surface area contributed by atoms with E-state index in [1.54, 1.807) is 13.0 Å². The highest BCUT2D eigenvalue weighted by Gasteiger charge is 2.38. The molecule has 10 nitrogen and oxygen atoms in total. The molecule has 1 aliphatic heterocycles. The van der Waals surface area contributed by atoms with Gasteiger partial charge < -0.3 is 35.4 Å². The number of hydrogen-bond acceptors (Lipinski definition) is 7. The molecule has 1 aromatic rings. The van der Waals surface area contributed by atoms with Crippen molar-refractivity contribution in [2.75, 3.05) is 40.4 Å². The molecule has 1 atom stereocenters. The zero-order chi connectivity index (χ0) is 28.2. The number of carboxylic acid groups (broad SMARTS) is 1. The Hall–Kier alpha value is -3.10. The molecule has 0 saturated carbocycles. The first kappa shape index (κ1) is 31.9. The van der Waals surface area contributed by atoms with Gasteiger partial charge in [-0.25, -0.2) is 14.4 Å². The van der Waals surface area contributed by atoms with Gasteiger partial charge in [0.15, 0.2) is 5.11 Å². The van der Waals surface area contributed by atoms with E-state index in [0.717, 1.165) is 5.56 Å². The van der Waals surface area contributed by atoms with Crippen molar-refractivity contribution in [3.63, 3.8) is 0 Å². The van der Waals surface area contributed by atoms with Gasteiger partial charge in [-0.15, -0.1) is 0 Å². The van der Waals surface area contributed by atoms with Crippen molar-refractivity contribution in [2.45, 2.75) is 25.6 Å². The average molecular weight is 569 g/mol. The molecule has 206 valence electrons. The van der Waals surface area contributed by atoms with Crippen LogP contribution in [0, 0.1) is 0 Å². The number of esters is 1. The second kappa shape index (κ2) is 15.2. The number of benzene rings is 1. The Bertz CT molecular complexity index is 1010. The molecule has 15 heteroatoms. The van der Waals surface area contributed by atoms with Gasteiger partial charge in [0.2, 0.25) is 0 Å². The van der Waals surface area contributed by atoms with Gasteiger partial charge in [0.25, 0.3) is 0 Å². The Balaban J connectivity index is 0.000000856. The first-order chi connectivity index (χ1) is 17.2. The van der Waals surface area contributed by atoms with Crippen LogP contribution >= 0.6 is 23.8 Å². The number of carbonyl (C=O) groups is 3. The number of allylic oxidation sites excluding steroid dienone is 1. The van der Waals surface area contributed by atoms with E-state index in [0.29, 0.717) is 40.9 Å². The number of alkyl halides is 3. The van der Waals surface area contributed by atoms with Crippen LogP contribution in [0.4, 0.5) is 18.0 Å². The third-order valence-electron chi connectivity index (χ3n) is 4.54. The highest BCUT2D eigenvalue weighted by molar-refractivity contribution is 7.80. The number of halogens is 4. The van der Waals surface area contributed by atoms with E-state index in [9.17, 15) is 22.8 Å².